The molecule has 0 aliphatic heterocycles. The summed E-state index contributed by atoms with van der Waals surface area (Å²) in [4.78, 5) is 23.1. The normalized spacial score (nSPS) is 19.0. The molecule has 0 spiro atoms. The minimum atomic E-state index is -0.347. The molecule has 0 bridgehead atoms. The Hall–Kier alpha value is -0.920. The van der Waals surface area contributed by atoms with Gasteiger partial charge in [0.05, 0.1) is 5.92 Å². The van der Waals surface area contributed by atoms with E-state index in [-0.39, 0.29) is 17.5 Å². The zero-order chi connectivity index (χ0) is 10.0. The van der Waals surface area contributed by atoms with Gasteiger partial charge in [0.2, 0.25) is 0 Å². The maximum Gasteiger partial charge on any atom is 0.169 e. The molecule has 1 aliphatic carbocycles. The number of allylic oxidation sites excluding steroid dienone is 2. The second kappa shape index (κ2) is 3.86. The van der Waals surface area contributed by atoms with E-state index in [4.69, 9.17) is 0 Å². The predicted molar refractivity (Wildman–Crippen MR) is 51.4 cm³/mol. The Bertz CT molecular complexity index is 250. The summed E-state index contributed by atoms with van der Waals surface area (Å²) in [5.74, 6) is -0.244. The number of hydrogen-bond donors (Lipinski definition) is 0. The second-order valence-corrected chi connectivity index (χ2v) is 3.67. The quantitative estimate of drug-likeness (QED) is 0.624. The van der Waals surface area contributed by atoms with Crippen molar-refractivity contribution >= 4 is 11.6 Å². The summed E-state index contributed by atoms with van der Waals surface area (Å²) in [6.07, 6.45) is 2.72. The van der Waals surface area contributed by atoms with Crippen LogP contribution >= 0.6 is 0 Å². The van der Waals surface area contributed by atoms with Gasteiger partial charge in [0.15, 0.2) is 11.6 Å². The minimum absolute atomic E-state index is 0.0518. The average Bonchev–Trinajstić information content (AvgIpc) is 2.30. The molecule has 13 heavy (non-hydrogen) atoms. The molecule has 0 saturated heterocycles. The van der Waals surface area contributed by atoms with Gasteiger partial charge in [-0.25, -0.2) is 0 Å². The van der Waals surface area contributed by atoms with Crippen LogP contribution < -0.4 is 0 Å². The molecular weight excluding hydrogens is 164 g/mol. The van der Waals surface area contributed by atoms with Crippen molar-refractivity contribution in [2.24, 2.45) is 5.92 Å². The molecule has 0 fully saturated rings. The summed E-state index contributed by atoms with van der Waals surface area (Å²) in [6.45, 7) is 5.57. The highest BCUT2D eigenvalue weighted by atomic mass is 16.2. The summed E-state index contributed by atoms with van der Waals surface area (Å²) in [5, 5.41) is 0. The van der Waals surface area contributed by atoms with E-state index in [9.17, 15) is 9.59 Å². The summed E-state index contributed by atoms with van der Waals surface area (Å²) in [5.41, 5.74) is 1.34. The fraction of sp³-hybridized carbons (Fsp3) is 0.636. The summed E-state index contributed by atoms with van der Waals surface area (Å²) >= 11 is 0. The number of Topliss-reactive ketones (excluding diaryl/α,β-unsaturated/α-hetero) is 2. The van der Waals surface area contributed by atoms with E-state index in [0.717, 1.165) is 19.3 Å². The van der Waals surface area contributed by atoms with E-state index in [1.807, 2.05) is 0 Å². The van der Waals surface area contributed by atoms with E-state index in [1.165, 1.54) is 0 Å². The van der Waals surface area contributed by atoms with Crippen LogP contribution in [0.5, 0.6) is 0 Å². The van der Waals surface area contributed by atoms with Crippen LogP contribution in [-0.4, -0.2) is 11.6 Å². The van der Waals surface area contributed by atoms with Gasteiger partial charge in [-0.05, 0) is 31.4 Å². The maximum absolute atomic E-state index is 11.6. The van der Waals surface area contributed by atoms with Gasteiger partial charge in [0, 0.05) is 0 Å². The Kier molecular flexibility index (Phi) is 3.02. The molecule has 1 rings (SSSR count). The molecule has 0 aromatic carbocycles. The third kappa shape index (κ3) is 1.71. The van der Waals surface area contributed by atoms with Crippen LogP contribution in [0.4, 0.5) is 0 Å². The van der Waals surface area contributed by atoms with Gasteiger partial charge in [0.1, 0.15) is 0 Å². The first kappa shape index (κ1) is 10.2. The highest BCUT2D eigenvalue weighted by Crippen LogP contribution is 2.27. The lowest BCUT2D eigenvalue weighted by molar-refractivity contribution is -0.126. The molecule has 72 valence electrons. The molecule has 0 aromatic rings. The van der Waals surface area contributed by atoms with Gasteiger partial charge in [-0.2, -0.15) is 0 Å². The fourth-order valence-corrected chi connectivity index (χ4v) is 1.68. The topological polar surface area (TPSA) is 34.1 Å². The average molecular weight is 180 g/mol. The molecular formula is C11H16O2. The zero-order valence-electron chi connectivity index (χ0n) is 8.52. The zero-order valence-corrected chi connectivity index (χ0v) is 8.52. The second-order valence-electron chi connectivity index (χ2n) is 3.67. The molecule has 1 aliphatic rings. The summed E-state index contributed by atoms with van der Waals surface area (Å²) in [6, 6.07) is 0. The van der Waals surface area contributed by atoms with Crippen LogP contribution in [0.1, 0.15) is 40.0 Å². The number of hydrogen-bond acceptors (Lipinski definition) is 2. The van der Waals surface area contributed by atoms with Crippen molar-refractivity contribution < 1.29 is 9.59 Å². The van der Waals surface area contributed by atoms with Crippen molar-refractivity contribution in [3.8, 4) is 0 Å². The van der Waals surface area contributed by atoms with Crippen molar-refractivity contribution in [3.63, 3.8) is 0 Å². The van der Waals surface area contributed by atoms with Crippen LogP contribution in [0.25, 0.3) is 0 Å². The van der Waals surface area contributed by atoms with Crippen molar-refractivity contribution in [1.82, 2.24) is 0 Å². The summed E-state index contributed by atoms with van der Waals surface area (Å²) < 4.78 is 0. The van der Waals surface area contributed by atoms with Crippen molar-refractivity contribution in [1.29, 1.82) is 0 Å². The number of rotatable bonds is 3. The molecule has 0 N–H and O–H groups in total. The SMILES string of the molecule is CCCCC1C(=O)C(C)=C(C)C1=O. The monoisotopic (exact) mass is 180 g/mol. The van der Waals surface area contributed by atoms with Crippen molar-refractivity contribution in [2.75, 3.05) is 0 Å². The summed E-state index contributed by atoms with van der Waals surface area (Å²) in [7, 11) is 0. The number of ketones is 2. The van der Waals surface area contributed by atoms with E-state index in [0.29, 0.717) is 11.1 Å². The predicted octanol–water partition coefficient (Wildman–Crippen LogP) is 2.28. The smallest absolute Gasteiger partial charge is 0.169 e. The van der Waals surface area contributed by atoms with Crippen LogP contribution in [-0.2, 0) is 9.59 Å². The Morgan fingerprint density at radius 2 is 1.54 bits per heavy atom. The van der Waals surface area contributed by atoms with E-state index < -0.39 is 0 Å². The Balaban J connectivity index is 2.73. The Morgan fingerprint density at radius 3 is 1.92 bits per heavy atom. The van der Waals surface area contributed by atoms with E-state index in [1.54, 1.807) is 13.8 Å². The highest BCUT2D eigenvalue weighted by Gasteiger charge is 2.35. The van der Waals surface area contributed by atoms with Gasteiger partial charge < -0.3 is 0 Å². The maximum atomic E-state index is 11.6. The highest BCUT2D eigenvalue weighted by molar-refractivity contribution is 6.23. The van der Waals surface area contributed by atoms with Gasteiger partial charge in [-0.3, -0.25) is 9.59 Å². The van der Waals surface area contributed by atoms with Crippen molar-refractivity contribution in [2.45, 2.75) is 40.0 Å². The lowest BCUT2D eigenvalue weighted by Gasteiger charge is -2.05. The standard InChI is InChI=1S/C11H16O2/c1-4-5-6-9-10(12)7(2)8(3)11(9)13/h9H,4-6H2,1-3H3. The van der Waals surface area contributed by atoms with Crippen LogP contribution in [0.3, 0.4) is 0 Å². The number of unbranched alkanes of at least 4 members (excludes halogenated alkanes) is 1. The minimum Gasteiger partial charge on any atom is -0.294 e. The fourth-order valence-electron chi connectivity index (χ4n) is 1.68. The van der Waals surface area contributed by atoms with Crippen LogP contribution in [0.2, 0.25) is 0 Å². The van der Waals surface area contributed by atoms with Gasteiger partial charge in [0.25, 0.3) is 0 Å². The van der Waals surface area contributed by atoms with Gasteiger partial charge >= 0.3 is 0 Å². The first-order valence-corrected chi connectivity index (χ1v) is 4.85. The van der Waals surface area contributed by atoms with Crippen LogP contribution in [0.15, 0.2) is 11.1 Å². The molecule has 0 radical (unpaired) electrons. The molecule has 2 nitrogen and oxygen atoms in total. The van der Waals surface area contributed by atoms with Gasteiger partial charge in [-0.15, -0.1) is 0 Å². The van der Waals surface area contributed by atoms with E-state index in [2.05, 4.69) is 6.92 Å². The van der Waals surface area contributed by atoms with Crippen molar-refractivity contribution in [3.05, 3.63) is 11.1 Å². The number of carbonyl (C=O) groups is 2. The molecule has 0 amide bonds. The Labute approximate surface area is 79.0 Å². The third-order valence-corrected chi connectivity index (χ3v) is 2.78. The molecule has 0 atom stereocenters. The lowest BCUT2D eigenvalue weighted by atomic mass is 9.96. The third-order valence-electron chi connectivity index (χ3n) is 2.78. The molecule has 0 unspecified atom stereocenters. The Morgan fingerprint density at radius 1 is 1.08 bits per heavy atom. The number of carbonyl (C=O) groups excluding carboxylic acids is 2. The molecule has 2 heteroatoms. The van der Waals surface area contributed by atoms with E-state index >= 15 is 0 Å². The molecule has 0 heterocycles. The van der Waals surface area contributed by atoms with Gasteiger partial charge in [-0.1, -0.05) is 19.8 Å². The van der Waals surface area contributed by atoms with Crippen LogP contribution in [0, 0.1) is 5.92 Å². The first-order chi connectivity index (χ1) is 6.09. The lowest BCUT2D eigenvalue weighted by Crippen LogP contribution is -2.17. The molecule has 0 aromatic heterocycles. The molecule has 0 saturated carbocycles. The first-order valence-electron chi connectivity index (χ1n) is 4.85. The largest absolute Gasteiger partial charge is 0.294 e.